The maximum atomic E-state index is 2.16. The van der Waals surface area contributed by atoms with Crippen molar-refractivity contribution in [3.05, 3.63) is 59.7 Å². The summed E-state index contributed by atoms with van der Waals surface area (Å²) in [5, 5.41) is 0. The van der Waals surface area contributed by atoms with Gasteiger partial charge in [-0.1, -0.05) is 20.3 Å². The van der Waals surface area contributed by atoms with Gasteiger partial charge in [-0.15, -0.1) is 0 Å². The largest absolute Gasteiger partial charge is 0.748 e. The summed E-state index contributed by atoms with van der Waals surface area (Å²) in [4.78, 5) is 0. The molecule has 0 nitrogen and oxygen atoms in total. The van der Waals surface area contributed by atoms with E-state index in [-0.39, 0.29) is 19.5 Å². The number of rotatable bonds is 2. The van der Waals surface area contributed by atoms with Crippen LogP contribution < -0.4 is 0 Å². The van der Waals surface area contributed by atoms with Gasteiger partial charge in [-0.2, -0.15) is 17.7 Å². The van der Waals surface area contributed by atoms with Gasteiger partial charge >= 0.3 is 0 Å². The molecule has 0 bridgehead atoms. The fourth-order valence-electron chi connectivity index (χ4n) is 1.30. The van der Waals surface area contributed by atoms with E-state index in [1.165, 1.54) is 11.1 Å². The molecule has 0 amide bonds. The molecule has 0 fully saturated rings. The van der Waals surface area contributed by atoms with Crippen molar-refractivity contribution in [3.63, 3.8) is 0 Å². The fraction of sp³-hybridized carbons (Fsp3) is 0.286. The number of hydrogen-bond donors (Lipinski definition) is 0. The Kier molecular flexibility index (Phi) is 8.23. The van der Waals surface area contributed by atoms with Gasteiger partial charge in [0, 0.05) is 19.5 Å². The Bertz CT molecular complexity index is 269. The van der Waals surface area contributed by atoms with E-state index in [1.54, 1.807) is 0 Å². The summed E-state index contributed by atoms with van der Waals surface area (Å²) in [5.74, 6) is 0. The van der Waals surface area contributed by atoms with Crippen molar-refractivity contribution in [2.24, 2.45) is 0 Å². The van der Waals surface area contributed by atoms with Crippen LogP contribution in [0.15, 0.2) is 48.5 Å². The summed E-state index contributed by atoms with van der Waals surface area (Å²) >= 11 is 0. The maximum absolute atomic E-state index is 2.16. The van der Waals surface area contributed by atoms with E-state index in [1.807, 2.05) is 0 Å². The summed E-state index contributed by atoms with van der Waals surface area (Å²) in [6.45, 7) is 4.32. The van der Waals surface area contributed by atoms with Crippen molar-refractivity contribution >= 4 is 0 Å². The Morgan fingerprint density at radius 3 is 1.73 bits per heavy atom. The van der Waals surface area contributed by atoms with Crippen LogP contribution in [0.25, 0.3) is 0 Å². The molecule has 0 spiro atoms. The van der Waals surface area contributed by atoms with Crippen molar-refractivity contribution in [3.8, 4) is 0 Å². The van der Waals surface area contributed by atoms with Crippen LogP contribution in [0, 0.1) is 0 Å². The van der Waals surface area contributed by atoms with Crippen LogP contribution in [0.5, 0.6) is 0 Å². The molecule has 0 aliphatic heterocycles. The predicted molar refractivity (Wildman–Crippen MR) is 62.8 cm³/mol. The molecule has 0 N–H and O–H groups in total. The quantitative estimate of drug-likeness (QED) is 0.580. The molecule has 1 heteroatoms. The molecule has 2 aromatic carbocycles. The van der Waals surface area contributed by atoms with Gasteiger partial charge in [-0.05, 0) is 0 Å². The van der Waals surface area contributed by atoms with Crippen LogP contribution in [-0.2, 0) is 32.3 Å². The monoisotopic (exact) mass is 288 g/mol. The normalized spacial score (nSPS) is 8.67. The van der Waals surface area contributed by atoms with E-state index in [4.69, 9.17) is 0 Å². The standard InChI is InChI=1S/2C7H9.Ru/c2*1-2-7-5-3-4-6-7;/h2*3-6H,2H2,1H3;/q-5;-1;. The van der Waals surface area contributed by atoms with Crippen LogP contribution in [0.3, 0.4) is 0 Å². The Labute approximate surface area is 106 Å². The molecule has 0 aliphatic rings. The molecular formula is C14H18Ru-6. The Morgan fingerprint density at radius 2 is 1.47 bits per heavy atom. The van der Waals surface area contributed by atoms with Crippen LogP contribution in [-0.4, -0.2) is 0 Å². The first-order valence-corrected chi connectivity index (χ1v) is 5.28. The van der Waals surface area contributed by atoms with Gasteiger partial charge in [0.05, 0.1) is 0 Å². The molecule has 0 atom stereocenters. The minimum absolute atomic E-state index is 0. The Balaban J connectivity index is 0.000000245. The zero-order chi connectivity index (χ0) is 10.2. The van der Waals surface area contributed by atoms with Crippen LogP contribution in [0.4, 0.5) is 0 Å². The summed E-state index contributed by atoms with van der Waals surface area (Å²) < 4.78 is 0. The second-order valence-corrected chi connectivity index (χ2v) is 3.29. The van der Waals surface area contributed by atoms with E-state index < -0.39 is 0 Å². The molecular weight excluding hydrogens is 269 g/mol. The second-order valence-electron chi connectivity index (χ2n) is 3.29. The Morgan fingerprint density at radius 1 is 0.933 bits per heavy atom. The summed E-state index contributed by atoms with van der Waals surface area (Å²) in [6, 6.07) is 16.8. The minimum atomic E-state index is 0. The second kappa shape index (κ2) is 8.62. The number of aryl methyl sites for hydroxylation is 2. The molecule has 0 heterocycles. The van der Waals surface area contributed by atoms with Crippen molar-refractivity contribution in [2.45, 2.75) is 26.7 Å². The van der Waals surface area contributed by atoms with Gasteiger partial charge in [0.15, 0.2) is 0 Å². The van der Waals surface area contributed by atoms with Crippen LogP contribution in [0.2, 0.25) is 0 Å². The van der Waals surface area contributed by atoms with E-state index in [0.29, 0.717) is 0 Å². The average Bonchev–Trinajstić information content (AvgIpc) is 2.92. The summed E-state index contributed by atoms with van der Waals surface area (Å²) in [5.41, 5.74) is 2.86. The van der Waals surface area contributed by atoms with Crippen molar-refractivity contribution in [2.75, 3.05) is 0 Å². The van der Waals surface area contributed by atoms with Crippen LogP contribution >= 0.6 is 0 Å². The van der Waals surface area contributed by atoms with Gasteiger partial charge in [0.25, 0.3) is 0 Å². The first kappa shape index (κ1) is 14.3. The van der Waals surface area contributed by atoms with Gasteiger partial charge in [0.2, 0.25) is 0 Å². The minimum Gasteiger partial charge on any atom is -0.748 e. The fourth-order valence-corrected chi connectivity index (χ4v) is 1.30. The molecule has 0 aliphatic carbocycles. The summed E-state index contributed by atoms with van der Waals surface area (Å²) in [6.07, 6.45) is 2.32. The molecule has 2 aromatic rings. The SMILES string of the molecule is CC[c-]1[cH-][cH-][cH-][cH-]1.CC[c-]1cccc1.[Ru]. The summed E-state index contributed by atoms with van der Waals surface area (Å²) in [7, 11) is 0. The first-order chi connectivity index (χ1) is 6.86. The van der Waals surface area contributed by atoms with E-state index in [2.05, 4.69) is 62.4 Å². The molecule has 2 rings (SSSR count). The van der Waals surface area contributed by atoms with Gasteiger partial charge < -0.3 is 29.8 Å². The molecule has 0 aromatic heterocycles. The predicted octanol–water partition coefficient (Wildman–Crippen LogP) is 3.93. The van der Waals surface area contributed by atoms with Crippen molar-refractivity contribution < 1.29 is 19.5 Å². The zero-order valence-electron chi connectivity index (χ0n) is 9.39. The third kappa shape index (κ3) is 5.69. The molecule has 0 saturated heterocycles. The van der Waals surface area contributed by atoms with Gasteiger partial charge in [-0.25, -0.2) is 18.6 Å². The van der Waals surface area contributed by atoms with Gasteiger partial charge in [-0.3, -0.25) is 0 Å². The molecule has 15 heavy (non-hydrogen) atoms. The van der Waals surface area contributed by atoms with Crippen molar-refractivity contribution in [1.82, 2.24) is 0 Å². The smallest absolute Gasteiger partial charge is 0 e. The maximum Gasteiger partial charge on any atom is 0 e. The Hall–Kier alpha value is -0.677. The third-order valence-electron chi connectivity index (χ3n) is 2.28. The van der Waals surface area contributed by atoms with Crippen molar-refractivity contribution in [1.29, 1.82) is 0 Å². The van der Waals surface area contributed by atoms with Gasteiger partial charge in [0.1, 0.15) is 0 Å². The molecule has 0 radical (unpaired) electrons. The van der Waals surface area contributed by atoms with E-state index in [9.17, 15) is 0 Å². The average molecular weight is 287 g/mol. The van der Waals surface area contributed by atoms with E-state index >= 15 is 0 Å². The third-order valence-corrected chi connectivity index (χ3v) is 2.28. The zero-order valence-corrected chi connectivity index (χ0v) is 11.1. The van der Waals surface area contributed by atoms with Crippen LogP contribution in [0.1, 0.15) is 25.0 Å². The van der Waals surface area contributed by atoms with E-state index in [0.717, 1.165) is 12.8 Å². The molecule has 88 valence electrons. The topological polar surface area (TPSA) is 0 Å². The molecule has 0 unspecified atom stereocenters. The molecule has 0 saturated carbocycles. The number of hydrogen-bond acceptors (Lipinski definition) is 0. The first-order valence-electron chi connectivity index (χ1n) is 5.28.